The van der Waals surface area contributed by atoms with Crippen molar-refractivity contribution in [2.45, 2.75) is 18.6 Å². The zero-order valence-electron chi connectivity index (χ0n) is 9.53. The smallest absolute Gasteiger partial charge is 0.360 e. The quantitative estimate of drug-likeness (QED) is 0.410. The van der Waals surface area contributed by atoms with Gasteiger partial charge in [-0.2, -0.15) is 5.56 Å². The SMILES string of the molecule is [C-]1=Cc2ccccc2CCC12OCCO2.[Li+]. The molecule has 2 aliphatic rings. The number of hydrogen-bond donors (Lipinski definition) is 0. The van der Waals surface area contributed by atoms with Crippen molar-refractivity contribution in [3.63, 3.8) is 0 Å². The number of aryl methyl sites for hydroxylation is 1. The Morgan fingerprint density at radius 3 is 2.69 bits per heavy atom. The minimum Gasteiger partial charge on any atom is -0.360 e. The normalized spacial score (nSPS) is 21.2. The van der Waals surface area contributed by atoms with E-state index in [2.05, 4.69) is 24.3 Å². The number of fused-ring (bicyclic) bond motifs is 1. The zero-order valence-corrected chi connectivity index (χ0v) is 9.53. The molecule has 16 heavy (non-hydrogen) atoms. The fourth-order valence-electron chi connectivity index (χ4n) is 2.14. The molecule has 2 nitrogen and oxygen atoms in total. The van der Waals surface area contributed by atoms with E-state index in [4.69, 9.17) is 9.47 Å². The summed E-state index contributed by atoms with van der Waals surface area (Å²) in [6, 6.07) is 8.38. The van der Waals surface area contributed by atoms with Crippen molar-refractivity contribution in [1.29, 1.82) is 0 Å². The number of ether oxygens (including phenoxy) is 2. The predicted molar refractivity (Wildman–Crippen MR) is 57.1 cm³/mol. The van der Waals surface area contributed by atoms with Crippen LogP contribution in [-0.4, -0.2) is 19.0 Å². The standard InChI is InChI=1S/C13H13O2.Li/c1-2-4-12-6-8-13(14-9-10-15-13)7-5-11(12)3-1;/h1-5H,6,8-10H2;/q-1;+1. The Bertz CT molecular complexity index is 395. The van der Waals surface area contributed by atoms with Crippen molar-refractivity contribution in [3.05, 3.63) is 41.5 Å². The maximum absolute atomic E-state index is 5.63. The van der Waals surface area contributed by atoms with Gasteiger partial charge in [0.1, 0.15) is 5.79 Å². The van der Waals surface area contributed by atoms with Gasteiger partial charge in [0.05, 0.1) is 13.2 Å². The molecule has 0 bridgehead atoms. The summed E-state index contributed by atoms with van der Waals surface area (Å²) in [7, 11) is 0. The molecule has 1 aromatic carbocycles. The molecule has 1 spiro atoms. The van der Waals surface area contributed by atoms with Gasteiger partial charge in [0.2, 0.25) is 0 Å². The third kappa shape index (κ3) is 2.12. The summed E-state index contributed by atoms with van der Waals surface area (Å²) in [5, 5.41) is 0. The van der Waals surface area contributed by atoms with Crippen LogP contribution in [0.1, 0.15) is 17.5 Å². The van der Waals surface area contributed by atoms with Crippen molar-refractivity contribution in [2.24, 2.45) is 0 Å². The van der Waals surface area contributed by atoms with E-state index in [1.165, 1.54) is 11.1 Å². The van der Waals surface area contributed by atoms with Gasteiger partial charge < -0.3 is 9.47 Å². The Morgan fingerprint density at radius 1 is 1.12 bits per heavy atom. The molecule has 0 amide bonds. The van der Waals surface area contributed by atoms with Gasteiger partial charge in [-0.05, 0) is 12.8 Å². The van der Waals surface area contributed by atoms with E-state index >= 15 is 0 Å². The molecule has 78 valence electrons. The maximum Gasteiger partial charge on any atom is 1.00 e. The second-order valence-electron chi connectivity index (χ2n) is 3.94. The minimum atomic E-state index is -0.570. The van der Waals surface area contributed by atoms with Gasteiger partial charge in [-0.1, -0.05) is 18.2 Å². The molecule has 1 aliphatic heterocycles. The summed E-state index contributed by atoms with van der Waals surface area (Å²) < 4.78 is 11.3. The average molecular weight is 208 g/mol. The number of rotatable bonds is 0. The fourth-order valence-corrected chi connectivity index (χ4v) is 2.14. The van der Waals surface area contributed by atoms with Gasteiger partial charge in [0.15, 0.2) is 0 Å². The molecule has 0 saturated carbocycles. The van der Waals surface area contributed by atoms with Gasteiger partial charge in [-0.25, -0.2) is 12.2 Å². The third-order valence-electron chi connectivity index (χ3n) is 2.98. The van der Waals surface area contributed by atoms with Crippen LogP contribution in [0.4, 0.5) is 0 Å². The first-order chi connectivity index (χ1) is 7.38. The zero-order chi connectivity index (χ0) is 10.1. The fraction of sp³-hybridized carbons (Fsp3) is 0.385. The molecule has 3 heteroatoms. The molecule has 1 fully saturated rings. The van der Waals surface area contributed by atoms with E-state index in [1.54, 1.807) is 0 Å². The van der Waals surface area contributed by atoms with Gasteiger partial charge in [-0.15, -0.1) is 11.6 Å². The van der Waals surface area contributed by atoms with E-state index in [0.29, 0.717) is 13.2 Å². The second-order valence-corrected chi connectivity index (χ2v) is 3.94. The first-order valence-electron chi connectivity index (χ1n) is 5.35. The van der Waals surface area contributed by atoms with Crippen molar-refractivity contribution in [3.8, 4) is 0 Å². The van der Waals surface area contributed by atoms with Gasteiger partial charge >= 0.3 is 18.9 Å². The van der Waals surface area contributed by atoms with Crippen molar-refractivity contribution < 1.29 is 28.3 Å². The van der Waals surface area contributed by atoms with Crippen molar-refractivity contribution in [1.82, 2.24) is 0 Å². The van der Waals surface area contributed by atoms with Crippen molar-refractivity contribution >= 4 is 6.08 Å². The van der Waals surface area contributed by atoms with Crippen LogP contribution in [0.5, 0.6) is 0 Å². The largest absolute Gasteiger partial charge is 1.00 e. The summed E-state index contributed by atoms with van der Waals surface area (Å²) in [5.74, 6) is -0.570. The van der Waals surface area contributed by atoms with Gasteiger partial charge in [-0.3, -0.25) is 0 Å². The van der Waals surface area contributed by atoms with Crippen LogP contribution in [0, 0.1) is 6.08 Å². The topological polar surface area (TPSA) is 18.5 Å². The summed E-state index contributed by atoms with van der Waals surface area (Å²) in [6.07, 6.45) is 7.08. The summed E-state index contributed by atoms with van der Waals surface area (Å²) in [6.45, 7) is 1.36. The first kappa shape index (κ1) is 11.9. The molecule has 1 saturated heterocycles. The summed E-state index contributed by atoms with van der Waals surface area (Å²) in [5.41, 5.74) is 2.58. The Hall–Kier alpha value is -0.523. The number of benzene rings is 1. The Morgan fingerprint density at radius 2 is 1.88 bits per heavy atom. The minimum absolute atomic E-state index is 0. The molecule has 0 radical (unpaired) electrons. The molecule has 0 aromatic heterocycles. The second kappa shape index (κ2) is 4.77. The van der Waals surface area contributed by atoms with Crippen LogP contribution >= 0.6 is 0 Å². The van der Waals surface area contributed by atoms with E-state index in [0.717, 1.165) is 12.8 Å². The molecule has 0 N–H and O–H groups in total. The molecule has 0 unspecified atom stereocenters. The maximum atomic E-state index is 5.63. The summed E-state index contributed by atoms with van der Waals surface area (Å²) in [4.78, 5) is 0. The Labute approximate surface area is 108 Å². The van der Waals surface area contributed by atoms with Crippen LogP contribution in [0.3, 0.4) is 0 Å². The third-order valence-corrected chi connectivity index (χ3v) is 2.98. The number of hydrogen-bond acceptors (Lipinski definition) is 2. The molecular formula is C13H13LiO2. The van der Waals surface area contributed by atoms with Crippen LogP contribution in [0.15, 0.2) is 24.3 Å². The van der Waals surface area contributed by atoms with E-state index in [1.807, 2.05) is 12.1 Å². The monoisotopic (exact) mass is 208 g/mol. The first-order valence-corrected chi connectivity index (χ1v) is 5.35. The molecule has 0 atom stereocenters. The summed E-state index contributed by atoms with van der Waals surface area (Å²) >= 11 is 0. The van der Waals surface area contributed by atoms with E-state index in [-0.39, 0.29) is 18.9 Å². The average Bonchev–Trinajstić information content (AvgIpc) is 2.65. The van der Waals surface area contributed by atoms with Crippen LogP contribution < -0.4 is 18.9 Å². The van der Waals surface area contributed by atoms with E-state index < -0.39 is 5.79 Å². The van der Waals surface area contributed by atoms with Crippen LogP contribution in [0.25, 0.3) is 6.08 Å². The Kier molecular flexibility index (Phi) is 3.56. The van der Waals surface area contributed by atoms with E-state index in [9.17, 15) is 0 Å². The van der Waals surface area contributed by atoms with Crippen LogP contribution in [-0.2, 0) is 15.9 Å². The molecule has 1 aromatic rings. The molecule has 3 rings (SSSR count). The predicted octanol–water partition coefficient (Wildman–Crippen LogP) is -0.804. The van der Waals surface area contributed by atoms with Gasteiger partial charge in [0, 0.05) is 0 Å². The molecule has 1 aliphatic carbocycles. The molecule has 1 heterocycles. The Balaban J connectivity index is 0.000000963. The van der Waals surface area contributed by atoms with Crippen molar-refractivity contribution in [2.75, 3.05) is 13.2 Å². The van der Waals surface area contributed by atoms with Crippen LogP contribution in [0.2, 0.25) is 0 Å². The molecular weight excluding hydrogens is 195 g/mol. The van der Waals surface area contributed by atoms with Gasteiger partial charge in [0.25, 0.3) is 0 Å².